The maximum atomic E-state index is 13.8. The number of rotatable bonds is 4. The number of hydrogen-bond donors (Lipinski definition) is 1. The molecule has 34 heavy (non-hydrogen) atoms. The van der Waals surface area contributed by atoms with Gasteiger partial charge in [-0.25, -0.2) is 4.90 Å². The SMILES string of the molecule is Cc1ccc(C2=C(Nc3cccc(C)c3C)C(=O)N(c3ccc(C(C)(C)C)cc3)C2=O)cc1C. The highest BCUT2D eigenvalue weighted by Crippen LogP contribution is 2.36. The molecule has 1 heterocycles. The molecule has 3 aromatic carbocycles. The number of nitrogens with one attached hydrogen (secondary N) is 1. The Morgan fingerprint density at radius 1 is 0.735 bits per heavy atom. The Hall–Kier alpha value is -3.66. The van der Waals surface area contributed by atoms with Gasteiger partial charge in [0.05, 0.1) is 11.3 Å². The zero-order valence-corrected chi connectivity index (χ0v) is 21.0. The maximum Gasteiger partial charge on any atom is 0.282 e. The van der Waals surface area contributed by atoms with Crippen LogP contribution in [0.25, 0.3) is 5.57 Å². The third-order valence-electron chi connectivity index (χ3n) is 6.74. The Morgan fingerprint density at radius 3 is 2.03 bits per heavy atom. The molecule has 2 amide bonds. The predicted molar refractivity (Wildman–Crippen MR) is 140 cm³/mol. The van der Waals surface area contributed by atoms with Crippen LogP contribution in [0, 0.1) is 27.7 Å². The number of hydrogen-bond acceptors (Lipinski definition) is 3. The van der Waals surface area contributed by atoms with Crippen molar-refractivity contribution >= 4 is 28.8 Å². The van der Waals surface area contributed by atoms with E-state index in [0.717, 1.165) is 39.1 Å². The van der Waals surface area contributed by atoms with Crippen LogP contribution in [0.15, 0.2) is 66.4 Å². The van der Waals surface area contributed by atoms with Gasteiger partial charge in [-0.1, -0.05) is 63.2 Å². The van der Waals surface area contributed by atoms with E-state index in [1.54, 1.807) is 0 Å². The third-order valence-corrected chi connectivity index (χ3v) is 6.74. The quantitative estimate of drug-likeness (QED) is 0.453. The summed E-state index contributed by atoms with van der Waals surface area (Å²) in [5.41, 5.74) is 8.33. The summed E-state index contributed by atoms with van der Waals surface area (Å²) in [6, 6.07) is 19.5. The molecule has 174 valence electrons. The van der Waals surface area contributed by atoms with Crippen LogP contribution in [0.5, 0.6) is 0 Å². The standard InChI is InChI=1S/C30H32N2O2/c1-18-11-12-22(17-20(18)3)26-27(31-25-10-8-9-19(2)21(25)4)29(34)32(28(26)33)24-15-13-23(14-16-24)30(5,6)7/h8-17,31H,1-7H3. The van der Waals surface area contributed by atoms with Crippen molar-refractivity contribution in [2.75, 3.05) is 10.2 Å². The van der Waals surface area contributed by atoms with E-state index in [2.05, 4.69) is 26.1 Å². The van der Waals surface area contributed by atoms with Crippen LogP contribution >= 0.6 is 0 Å². The van der Waals surface area contributed by atoms with Crippen LogP contribution in [-0.4, -0.2) is 11.8 Å². The van der Waals surface area contributed by atoms with Gasteiger partial charge in [0, 0.05) is 5.69 Å². The van der Waals surface area contributed by atoms with Crippen LogP contribution in [0.4, 0.5) is 11.4 Å². The number of imide groups is 1. The van der Waals surface area contributed by atoms with Crippen LogP contribution in [0.1, 0.15) is 54.2 Å². The Kier molecular flexibility index (Phi) is 5.94. The largest absolute Gasteiger partial charge is 0.350 e. The molecular formula is C30H32N2O2. The lowest BCUT2D eigenvalue weighted by Gasteiger charge is -2.21. The van der Waals surface area contributed by atoms with Crippen molar-refractivity contribution in [3.63, 3.8) is 0 Å². The molecule has 0 saturated carbocycles. The molecule has 0 saturated heterocycles. The van der Waals surface area contributed by atoms with E-state index in [0.29, 0.717) is 17.0 Å². The zero-order chi connectivity index (χ0) is 24.8. The van der Waals surface area contributed by atoms with Gasteiger partial charge < -0.3 is 5.32 Å². The minimum absolute atomic E-state index is 0.0181. The van der Waals surface area contributed by atoms with E-state index in [9.17, 15) is 9.59 Å². The summed E-state index contributed by atoms with van der Waals surface area (Å²) < 4.78 is 0. The van der Waals surface area contributed by atoms with Crippen molar-refractivity contribution in [3.05, 3.63) is 99.7 Å². The van der Waals surface area contributed by atoms with Crippen LogP contribution in [0.2, 0.25) is 0 Å². The van der Waals surface area contributed by atoms with Gasteiger partial charge in [-0.3, -0.25) is 9.59 Å². The molecule has 1 aliphatic rings. The van der Waals surface area contributed by atoms with Crippen molar-refractivity contribution in [1.29, 1.82) is 0 Å². The van der Waals surface area contributed by atoms with Crippen LogP contribution in [-0.2, 0) is 15.0 Å². The fraction of sp³-hybridized carbons (Fsp3) is 0.267. The average Bonchev–Trinajstić information content (AvgIpc) is 3.02. The Balaban J connectivity index is 1.83. The number of amides is 2. The predicted octanol–water partition coefficient (Wildman–Crippen LogP) is 6.61. The summed E-state index contributed by atoms with van der Waals surface area (Å²) >= 11 is 0. The van der Waals surface area contributed by atoms with E-state index in [1.165, 1.54) is 4.90 Å². The van der Waals surface area contributed by atoms with Crippen molar-refractivity contribution < 1.29 is 9.59 Å². The summed E-state index contributed by atoms with van der Waals surface area (Å²) in [5, 5.41) is 3.32. The van der Waals surface area contributed by atoms with Gasteiger partial charge in [0.2, 0.25) is 0 Å². The minimum Gasteiger partial charge on any atom is -0.350 e. The molecule has 0 fully saturated rings. The molecule has 0 radical (unpaired) electrons. The Morgan fingerprint density at radius 2 is 1.41 bits per heavy atom. The summed E-state index contributed by atoms with van der Waals surface area (Å²) in [4.78, 5) is 28.8. The molecule has 0 aromatic heterocycles. The monoisotopic (exact) mass is 452 g/mol. The van der Waals surface area contributed by atoms with Gasteiger partial charge in [0.1, 0.15) is 5.70 Å². The summed E-state index contributed by atoms with van der Waals surface area (Å²) in [6.45, 7) is 14.5. The molecule has 0 spiro atoms. The van der Waals surface area contributed by atoms with E-state index in [4.69, 9.17) is 0 Å². The van der Waals surface area contributed by atoms with Crippen molar-refractivity contribution in [3.8, 4) is 0 Å². The molecular weight excluding hydrogens is 420 g/mol. The topological polar surface area (TPSA) is 49.4 Å². The van der Waals surface area contributed by atoms with Gasteiger partial charge >= 0.3 is 0 Å². The summed E-state index contributed by atoms with van der Waals surface area (Å²) in [7, 11) is 0. The smallest absolute Gasteiger partial charge is 0.282 e. The van der Waals surface area contributed by atoms with E-state index >= 15 is 0 Å². The highest BCUT2D eigenvalue weighted by atomic mass is 16.2. The van der Waals surface area contributed by atoms with Gasteiger partial charge in [-0.05, 0) is 84.7 Å². The maximum absolute atomic E-state index is 13.8. The molecule has 1 N–H and O–H groups in total. The fourth-order valence-corrected chi connectivity index (χ4v) is 4.18. The third kappa shape index (κ3) is 4.16. The van der Waals surface area contributed by atoms with Crippen molar-refractivity contribution in [1.82, 2.24) is 0 Å². The molecule has 4 rings (SSSR count). The molecule has 0 atom stereocenters. The minimum atomic E-state index is -0.345. The molecule has 0 aliphatic carbocycles. The number of nitrogens with zero attached hydrogens (tertiary/aromatic N) is 1. The summed E-state index contributed by atoms with van der Waals surface area (Å²) in [5.74, 6) is -0.660. The first kappa shape index (κ1) is 23.5. The second kappa shape index (κ2) is 8.60. The summed E-state index contributed by atoms with van der Waals surface area (Å²) in [6.07, 6.45) is 0. The zero-order valence-electron chi connectivity index (χ0n) is 21.0. The van der Waals surface area contributed by atoms with Gasteiger partial charge in [0.25, 0.3) is 11.8 Å². The molecule has 3 aromatic rings. The van der Waals surface area contributed by atoms with Crippen molar-refractivity contribution in [2.45, 2.75) is 53.9 Å². The molecule has 0 bridgehead atoms. The first-order valence-electron chi connectivity index (χ1n) is 11.6. The number of carbonyl (C=O) groups is 2. The van der Waals surface area contributed by atoms with Crippen LogP contribution in [0.3, 0.4) is 0 Å². The Labute approximate surface area is 202 Å². The Bertz CT molecular complexity index is 1320. The van der Waals surface area contributed by atoms with Crippen LogP contribution < -0.4 is 10.2 Å². The average molecular weight is 453 g/mol. The molecule has 1 aliphatic heterocycles. The second-order valence-corrected chi connectivity index (χ2v) is 10.2. The fourth-order valence-electron chi connectivity index (χ4n) is 4.18. The number of anilines is 2. The molecule has 4 nitrogen and oxygen atoms in total. The first-order chi connectivity index (χ1) is 16.0. The lowest BCUT2D eigenvalue weighted by molar-refractivity contribution is -0.120. The van der Waals surface area contributed by atoms with Crippen molar-refractivity contribution in [2.24, 2.45) is 0 Å². The number of carbonyl (C=O) groups excluding carboxylic acids is 2. The van der Waals surface area contributed by atoms with Gasteiger partial charge in [-0.2, -0.15) is 0 Å². The lowest BCUT2D eigenvalue weighted by atomic mass is 9.87. The molecule has 0 unspecified atom stereocenters. The number of benzene rings is 3. The first-order valence-corrected chi connectivity index (χ1v) is 11.6. The normalized spacial score (nSPS) is 14.3. The number of aryl methyl sites for hydroxylation is 3. The van der Waals surface area contributed by atoms with E-state index < -0.39 is 0 Å². The second-order valence-electron chi connectivity index (χ2n) is 10.2. The highest BCUT2D eigenvalue weighted by molar-refractivity contribution is 6.46. The lowest BCUT2D eigenvalue weighted by Crippen LogP contribution is -2.32. The highest BCUT2D eigenvalue weighted by Gasteiger charge is 2.40. The van der Waals surface area contributed by atoms with Gasteiger partial charge in [-0.15, -0.1) is 0 Å². The van der Waals surface area contributed by atoms with Gasteiger partial charge in [0.15, 0.2) is 0 Å². The van der Waals surface area contributed by atoms with E-state index in [1.807, 2.05) is 88.4 Å². The van der Waals surface area contributed by atoms with E-state index in [-0.39, 0.29) is 17.2 Å². The molecule has 4 heteroatoms.